The van der Waals surface area contributed by atoms with E-state index in [1.807, 2.05) is 0 Å². The van der Waals surface area contributed by atoms with Gasteiger partial charge in [0.25, 0.3) is 0 Å². The van der Waals surface area contributed by atoms with Crippen molar-refractivity contribution in [2.75, 3.05) is 6.54 Å². The lowest BCUT2D eigenvalue weighted by molar-refractivity contribution is 0.430. The molecular weight excluding hydrogens is 206 g/mol. The Morgan fingerprint density at radius 3 is 2.53 bits per heavy atom. The summed E-state index contributed by atoms with van der Waals surface area (Å²) < 4.78 is 0. The molecule has 0 aromatic heterocycles. The minimum Gasteiger partial charge on any atom is -0.310 e. The summed E-state index contributed by atoms with van der Waals surface area (Å²) in [5.74, 6) is 0.731. The molecular formula is C16H27N. The van der Waals surface area contributed by atoms with E-state index in [2.05, 4.69) is 57.3 Å². The Labute approximate surface area is 107 Å². The molecule has 0 aliphatic rings. The van der Waals surface area contributed by atoms with Gasteiger partial charge in [0.1, 0.15) is 0 Å². The van der Waals surface area contributed by atoms with Gasteiger partial charge < -0.3 is 5.32 Å². The van der Waals surface area contributed by atoms with Gasteiger partial charge in [0, 0.05) is 6.04 Å². The number of hydrogen-bond donors (Lipinski definition) is 1. The molecule has 0 fully saturated rings. The lowest BCUT2D eigenvalue weighted by atomic mass is 9.95. The van der Waals surface area contributed by atoms with Gasteiger partial charge in [0.05, 0.1) is 0 Å². The number of benzene rings is 1. The van der Waals surface area contributed by atoms with Gasteiger partial charge in [-0.2, -0.15) is 0 Å². The molecule has 0 heterocycles. The van der Waals surface area contributed by atoms with E-state index in [4.69, 9.17) is 0 Å². The molecule has 1 nitrogen and oxygen atoms in total. The SMILES string of the molecule is CCCNC(CC(C)C)c1cccc(CC)c1. The highest BCUT2D eigenvalue weighted by molar-refractivity contribution is 5.26. The quantitative estimate of drug-likeness (QED) is 0.739. The maximum atomic E-state index is 3.67. The first-order valence-electron chi connectivity index (χ1n) is 6.99. The molecule has 0 radical (unpaired) electrons. The first kappa shape index (κ1) is 14.2. The fourth-order valence-electron chi connectivity index (χ4n) is 2.16. The molecule has 1 aromatic carbocycles. The lowest BCUT2D eigenvalue weighted by Crippen LogP contribution is -2.23. The van der Waals surface area contributed by atoms with E-state index < -0.39 is 0 Å². The van der Waals surface area contributed by atoms with E-state index in [0.29, 0.717) is 6.04 Å². The van der Waals surface area contributed by atoms with Crippen LogP contribution in [0.5, 0.6) is 0 Å². The van der Waals surface area contributed by atoms with Crippen molar-refractivity contribution in [2.45, 2.75) is 53.0 Å². The normalized spacial score (nSPS) is 13.0. The van der Waals surface area contributed by atoms with Gasteiger partial charge in [-0.3, -0.25) is 0 Å². The Hall–Kier alpha value is -0.820. The number of hydrogen-bond acceptors (Lipinski definition) is 1. The van der Waals surface area contributed by atoms with Crippen molar-refractivity contribution in [2.24, 2.45) is 5.92 Å². The third kappa shape index (κ3) is 4.91. The largest absolute Gasteiger partial charge is 0.310 e. The second kappa shape index (κ2) is 7.50. The van der Waals surface area contributed by atoms with Crippen LogP contribution < -0.4 is 5.32 Å². The Kier molecular flexibility index (Phi) is 6.28. The Balaban J connectivity index is 2.78. The molecule has 0 saturated carbocycles. The van der Waals surface area contributed by atoms with Gasteiger partial charge in [-0.15, -0.1) is 0 Å². The van der Waals surface area contributed by atoms with Gasteiger partial charge in [-0.1, -0.05) is 52.0 Å². The molecule has 1 unspecified atom stereocenters. The molecule has 1 rings (SSSR count). The van der Waals surface area contributed by atoms with E-state index in [-0.39, 0.29) is 0 Å². The standard InChI is InChI=1S/C16H27N/c1-5-10-17-16(11-13(3)4)15-9-7-8-14(6-2)12-15/h7-9,12-13,16-17H,5-6,10-11H2,1-4H3. The van der Waals surface area contributed by atoms with Crippen LogP contribution in [-0.2, 0) is 6.42 Å². The minimum absolute atomic E-state index is 0.515. The molecule has 0 saturated heterocycles. The molecule has 17 heavy (non-hydrogen) atoms. The van der Waals surface area contributed by atoms with Crippen molar-refractivity contribution in [1.82, 2.24) is 5.32 Å². The molecule has 96 valence electrons. The van der Waals surface area contributed by atoms with Crippen LogP contribution in [0.2, 0.25) is 0 Å². The molecule has 1 N–H and O–H groups in total. The predicted octanol–water partition coefficient (Wildman–Crippen LogP) is 4.34. The summed E-state index contributed by atoms with van der Waals surface area (Å²) in [4.78, 5) is 0. The minimum atomic E-state index is 0.515. The third-order valence-corrected chi connectivity index (χ3v) is 3.11. The second-order valence-corrected chi connectivity index (χ2v) is 5.23. The maximum absolute atomic E-state index is 3.67. The molecule has 1 atom stereocenters. The highest BCUT2D eigenvalue weighted by atomic mass is 14.9. The predicted molar refractivity (Wildman–Crippen MR) is 76.3 cm³/mol. The summed E-state index contributed by atoms with van der Waals surface area (Å²) in [5.41, 5.74) is 2.89. The summed E-state index contributed by atoms with van der Waals surface area (Å²) in [7, 11) is 0. The number of aryl methyl sites for hydroxylation is 1. The second-order valence-electron chi connectivity index (χ2n) is 5.23. The molecule has 0 amide bonds. The Morgan fingerprint density at radius 2 is 1.94 bits per heavy atom. The molecule has 0 bridgehead atoms. The average molecular weight is 233 g/mol. The summed E-state index contributed by atoms with van der Waals surface area (Å²) in [6, 6.07) is 9.54. The van der Waals surface area contributed by atoms with Crippen molar-refractivity contribution < 1.29 is 0 Å². The van der Waals surface area contributed by atoms with E-state index in [1.165, 1.54) is 24.0 Å². The van der Waals surface area contributed by atoms with Gasteiger partial charge in [-0.25, -0.2) is 0 Å². The van der Waals surface area contributed by atoms with Crippen LogP contribution in [0, 0.1) is 5.92 Å². The molecule has 1 aromatic rings. The molecule has 1 heteroatoms. The zero-order valence-electron chi connectivity index (χ0n) is 11.8. The molecule has 0 aliphatic carbocycles. The van der Waals surface area contributed by atoms with E-state index in [0.717, 1.165) is 18.9 Å². The fraction of sp³-hybridized carbons (Fsp3) is 0.625. The van der Waals surface area contributed by atoms with Crippen LogP contribution in [0.15, 0.2) is 24.3 Å². The van der Waals surface area contributed by atoms with Gasteiger partial charge in [0.15, 0.2) is 0 Å². The first-order chi connectivity index (χ1) is 8.17. The van der Waals surface area contributed by atoms with E-state index in [1.54, 1.807) is 0 Å². The summed E-state index contributed by atoms with van der Waals surface area (Å²) in [5, 5.41) is 3.67. The van der Waals surface area contributed by atoms with Crippen molar-refractivity contribution in [3.8, 4) is 0 Å². The highest BCUT2D eigenvalue weighted by Gasteiger charge is 2.12. The van der Waals surface area contributed by atoms with Gasteiger partial charge in [-0.05, 0) is 42.9 Å². The first-order valence-corrected chi connectivity index (χ1v) is 6.99. The van der Waals surface area contributed by atoms with Crippen LogP contribution >= 0.6 is 0 Å². The van der Waals surface area contributed by atoms with Crippen molar-refractivity contribution in [1.29, 1.82) is 0 Å². The number of rotatable bonds is 7. The summed E-state index contributed by atoms with van der Waals surface area (Å²) in [6.07, 6.45) is 3.53. The van der Waals surface area contributed by atoms with Crippen LogP contribution in [0.1, 0.15) is 57.7 Å². The fourth-order valence-corrected chi connectivity index (χ4v) is 2.16. The topological polar surface area (TPSA) is 12.0 Å². The Morgan fingerprint density at radius 1 is 1.18 bits per heavy atom. The Bertz CT molecular complexity index is 317. The monoisotopic (exact) mass is 233 g/mol. The van der Waals surface area contributed by atoms with Crippen LogP contribution in [0.25, 0.3) is 0 Å². The van der Waals surface area contributed by atoms with Gasteiger partial charge >= 0.3 is 0 Å². The molecule has 0 aliphatic heterocycles. The smallest absolute Gasteiger partial charge is 0.0322 e. The summed E-state index contributed by atoms with van der Waals surface area (Å²) in [6.45, 7) is 10.1. The number of nitrogens with one attached hydrogen (secondary N) is 1. The van der Waals surface area contributed by atoms with E-state index >= 15 is 0 Å². The third-order valence-electron chi connectivity index (χ3n) is 3.11. The van der Waals surface area contributed by atoms with Crippen molar-refractivity contribution >= 4 is 0 Å². The molecule has 0 spiro atoms. The van der Waals surface area contributed by atoms with Crippen molar-refractivity contribution in [3.63, 3.8) is 0 Å². The lowest BCUT2D eigenvalue weighted by Gasteiger charge is -2.21. The average Bonchev–Trinajstić information content (AvgIpc) is 2.34. The van der Waals surface area contributed by atoms with Crippen molar-refractivity contribution in [3.05, 3.63) is 35.4 Å². The van der Waals surface area contributed by atoms with Crippen LogP contribution in [-0.4, -0.2) is 6.54 Å². The van der Waals surface area contributed by atoms with Crippen LogP contribution in [0.4, 0.5) is 0 Å². The van der Waals surface area contributed by atoms with Crippen LogP contribution in [0.3, 0.4) is 0 Å². The zero-order chi connectivity index (χ0) is 12.7. The van der Waals surface area contributed by atoms with E-state index in [9.17, 15) is 0 Å². The zero-order valence-corrected chi connectivity index (χ0v) is 11.8. The highest BCUT2D eigenvalue weighted by Crippen LogP contribution is 2.22. The summed E-state index contributed by atoms with van der Waals surface area (Å²) >= 11 is 0. The maximum Gasteiger partial charge on any atom is 0.0322 e. The van der Waals surface area contributed by atoms with Gasteiger partial charge in [0.2, 0.25) is 0 Å².